The zero-order valence-electron chi connectivity index (χ0n) is 24.7. The molecule has 3 rings (SSSR count). The first kappa shape index (κ1) is 33.1. The molecule has 1 aromatic carbocycles. The number of hydrogen-bond donors (Lipinski definition) is 0. The molecule has 2 saturated heterocycles. The molecule has 0 radical (unpaired) electrons. The van der Waals surface area contributed by atoms with E-state index in [-0.39, 0.29) is 12.3 Å². The van der Waals surface area contributed by atoms with E-state index in [2.05, 4.69) is 40.5 Å². The van der Waals surface area contributed by atoms with Crippen molar-refractivity contribution in [2.45, 2.75) is 50.1 Å². The van der Waals surface area contributed by atoms with Crippen molar-refractivity contribution in [1.29, 1.82) is 0 Å². The highest BCUT2D eigenvalue weighted by molar-refractivity contribution is 7.90. The summed E-state index contributed by atoms with van der Waals surface area (Å²) in [6, 6.07) is 7.06. The topological polar surface area (TPSA) is 102 Å². The van der Waals surface area contributed by atoms with E-state index in [0.29, 0.717) is 30.6 Å². The fourth-order valence-electron chi connectivity index (χ4n) is 5.59. The van der Waals surface area contributed by atoms with E-state index in [1.54, 1.807) is 12.1 Å². The highest BCUT2D eigenvalue weighted by atomic mass is 32.2. The van der Waals surface area contributed by atoms with Crippen LogP contribution in [0.5, 0.6) is 0 Å². The Morgan fingerprint density at radius 2 is 1.65 bits per heavy atom. The Hall–Kier alpha value is -1.41. The van der Waals surface area contributed by atoms with Gasteiger partial charge in [-0.1, -0.05) is 19.1 Å². The van der Waals surface area contributed by atoms with Crippen molar-refractivity contribution in [3.63, 3.8) is 0 Å². The Morgan fingerprint density at radius 3 is 2.25 bits per heavy atom. The second kappa shape index (κ2) is 15.2. The zero-order chi connectivity index (χ0) is 29.3. The van der Waals surface area contributed by atoms with Gasteiger partial charge in [0.05, 0.1) is 16.7 Å². The smallest absolute Gasteiger partial charge is 0.215 e. The molecule has 40 heavy (non-hydrogen) atoms. The summed E-state index contributed by atoms with van der Waals surface area (Å²) in [7, 11) is -4.50. The maximum Gasteiger partial charge on any atom is 0.215 e. The van der Waals surface area contributed by atoms with Gasteiger partial charge in [0.25, 0.3) is 0 Å². The van der Waals surface area contributed by atoms with Crippen LogP contribution in [0.25, 0.3) is 0 Å². The van der Waals surface area contributed by atoms with Crippen LogP contribution in [0.1, 0.15) is 32.3 Å². The van der Waals surface area contributed by atoms with Crippen LogP contribution < -0.4 is 0 Å². The minimum Gasteiger partial charge on any atom is -0.304 e. The molecular weight excluding hydrogens is 550 g/mol. The van der Waals surface area contributed by atoms with E-state index in [0.717, 1.165) is 76.9 Å². The van der Waals surface area contributed by atoms with E-state index in [9.17, 15) is 21.6 Å². The van der Waals surface area contributed by atoms with Crippen LogP contribution in [0.2, 0.25) is 0 Å². The van der Waals surface area contributed by atoms with E-state index in [1.807, 2.05) is 12.1 Å². The summed E-state index contributed by atoms with van der Waals surface area (Å²) < 4.78 is 50.9. The van der Waals surface area contributed by atoms with Gasteiger partial charge in [0.2, 0.25) is 10.0 Å². The lowest BCUT2D eigenvalue weighted by Crippen LogP contribution is -2.56. The Labute approximate surface area is 242 Å². The summed E-state index contributed by atoms with van der Waals surface area (Å²) in [6.07, 6.45) is 4.89. The minimum absolute atomic E-state index is 0.106. The number of nitrogens with zero attached hydrogens (tertiary/aromatic N) is 5. The lowest BCUT2D eigenvalue weighted by molar-refractivity contribution is -0.113. The summed E-state index contributed by atoms with van der Waals surface area (Å²) in [4.78, 5) is 21.2. The number of carbonyl (C=O) groups excluding carboxylic acids is 1. The number of hydrogen-bond acceptors (Lipinski definition) is 9. The van der Waals surface area contributed by atoms with Gasteiger partial charge >= 0.3 is 0 Å². The van der Waals surface area contributed by atoms with Crippen LogP contribution in [0.15, 0.2) is 29.2 Å². The van der Waals surface area contributed by atoms with Crippen molar-refractivity contribution in [3.8, 4) is 0 Å². The molecule has 2 aliphatic rings. The molecule has 2 heterocycles. The Balaban J connectivity index is 1.40. The Kier molecular flexibility index (Phi) is 12.6. The quantitative estimate of drug-likeness (QED) is 0.215. The lowest BCUT2D eigenvalue weighted by atomic mass is 10.1. The zero-order valence-corrected chi connectivity index (χ0v) is 26.4. The van der Waals surface area contributed by atoms with Crippen LogP contribution >= 0.6 is 0 Å². The molecule has 2 atom stereocenters. The third kappa shape index (κ3) is 9.85. The number of sulfonamides is 1. The summed E-state index contributed by atoms with van der Waals surface area (Å²) in [6.45, 7) is 12.5. The normalized spacial score (nSPS) is 21.6. The number of carbonyl (C=O) groups is 1. The average molecular weight is 600 g/mol. The summed E-state index contributed by atoms with van der Waals surface area (Å²) in [5.74, 6) is 0.106. The number of sulfone groups is 1. The first-order valence-electron chi connectivity index (χ1n) is 14.5. The third-order valence-electron chi connectivity index (χ3n) is 8.36. The van der Waals surface area contributed by atoms with Crippen molar-refractivity contribution >= 4 is 26.1 Å². The van der Waals surface area contributed by atoms with E-state index >= 15 is 0 Å². The van der Waals surface area contributed by atoms with Crippen LogP contribution in [-0.2, 0) is 31.1 Å². The van der Waals surface area contributed by atoms with Gasteiger partial charge in [-0.2, -0.15) is 4.31 Å². The molecule has 0 aromatic heterocycles. The van der Waals surface area contributed by atoms with Crippen molar-refractivity contribution in [2.75, 3.05) is 91.0 Å². The molecule has 0 saturated carbocycles. The highest BCUT2D eigenvalue weighted by Crippen LogP contribution is 2.16. The van der Waals surface area contributed by atoms with Crippen molar-refractivity contribution < 1.29 is 21.6 Å². The van der Waals surface area contributed by atoms with Gasteiger partial charge in [0.15, 0.2) is 9.84 Å². The SMILES string of the molecule is CCN(CCCCN1CCN(S(=O)(=O)CCN2CCN(C)CC2)CC1C=O)C(C)Cc1ccc(S(C)(=O)=O)cc1. The summed E-state index contributed by atoms with van der Waals surface area (Å²) >= 11 is 0. The predicted molar refractivity (Wildman–Crippen MR) is 160 cm³/mol. The van der Waals surface area contributed by atoms with E-state index in [4.69, 9.17) is 0 Å². The molecule has 0 N–H and O–H groups in total. The van der Waals surface area contributed by atoms with Gasteiger partial charge in [0, 0.05) is 64.7 Å². The molecule has 0 aliphatic carbocycles. The third-order valence-corrected chi connectivity index (χ3v) is 11.3. The molecule has 2 fully saturated rings. The molecule has 12 heteroatoms. The first-order chi connectivity index (χ1) is 18.9. The van der Waals surface area contributed by atoms with Gasteiger partial charge in [-0.3, -0.25) is 9.80 Å². The van der Waals surface area contributed by atoms with Crippen LogP contribution in [0, 0.1) is 0 Å². The van der Waals surface area contributed by atoms with Gasteiger partial charge in [-0.25, -0.2) is 16.8 Å². The second-order valence-electron chi connectivity index (χ2n) is 11.4. The monoisotopic (exact) mass is 599 g/mol. The molecule has 0 spiro atoms. The minimum atomic E-state index is -3.39. The summed E-state index contributed by atoms with van der Waals surface area (Å²) in [5, 5.41) is 0. The van der Waals surface area contributed by atoms with Crippen LogP contribution in [0.4, 0.5) is 0 Å². The van der Waals surface area contributed by atoms with E-state index < -0.39 is 25.9 Å². The number of unbranched alkanes of at least 4 members (excludes halogenated alkanes) is 1. The van der Waals surface area contributed by atoms with Gasteiger partial charge < -0.3 is 14.6 Å². The molecular formula is C28H49N5O5S2. The maximum absolute atomic E-state index is 13.0. The van der Waals surface area contributed by atoms with E-state index in [1.165, 1.54) is 10.6 Å². The maximum atomic E-state index is 13.0. The molecule has 10 nitrogen and oxygen atoms in total. The second-order valence-corrected chi connectivity index (χ2v) is 15.5. The lowest BCUT2D eigenvalue weighted by Gasteiger charge is -2.39. The van der Waals surface area contributed by atoms with Gasteiger partial charge in [0.1, 0.15) is 6.29 Å². The van der Waals surface area contributed by atoms with Gasteiger partial charge in [-0.15, -0.1) is 0 Å². The fourth-order valence-corrected chi connectivity index (χ4v) is 7.71. The first-order valence-corrected chi connectivity index (χ1v) is 18.0. The largest absolute Gasteiger partial charge is 0.304 e. The standard InChI is InChI=1S/C28H49N5O5S2/c1-5-31(25(2)22-26-8-10-28(11-9-26)39(4,35)36)12-6-7-13-32-18-19-33(23-27(32)24-34)40(37,38)21-20-30-16-14-29(3)15-17-30/h8-11,24-25,27H,5-7,12-23H2,1-4H3. The van der Waals surface area contributed by atoms with Crippen LogP contribution in [-0.4, -0.2) is 150 Å². The fraction of sp³-hybridized carbons (Fsp3) is 0.750. The molecule has 2 aliphatic heterocycles. The van der Waals surface area contributed by atoms with Crippen molar-refractivity contribution in [1.82, 2.24) is 23.9 Å². The number of rotatable bonds is 15. The highest BCUT2D eigenvalue weighted by Gasteiger charge is 2.33. The predicted octanol–water partition coefficient (Wildman–Crippen LogP) is 0.886. The molecule has 0 bridgehead atoms. The molecule has 228 valence electrons. The Bertz CT molecular complexity index is 1140. The number of piperazine rings is 2. The average Bonchev–Trinajstić information content (AvgIpc) is 2.92. The molecule has 0 amide bonds. The van der Waals surface area contributed by atoms with Crippen molar-refractivity contribution in [2.24, 2.45) is 0 Å². The number of benzene rings is 1. The Morgan fingerprint density at radius 1 is 0.975 bits per heavy atom. The van der Waals surface area contributed by atoms with Crippen LogP contribution in [0.3, 0.4) is 0 Å². The molecule has 1 aromatic rings. The van der Waals surface area contributed by atoms with Crippen molar-refractivity contribution in [3.05, 3.63) is 29.8 Å². The summed E-state index contributed by atoms with van der Waals surface area (Å²) in [5.41, 5.74) is 1.11. The number of likely N-dealkylation sites (N-methyl/N-ethyl adjacent to an activating group) is 2. The van der Waals surface area contributed by atoms with Gasteiger partial charge in [-0.05, 0) is 70.6 Å². The molecule has 2 unspecified atom stereocenters. The number of aldehydes is 1.